The Balaban J connectivity index is 2.91. The number of carbonyl (C=O) groups excluding carboxylic acids is 1. The fraction of sp³-hybridized carbons (Fsp3) is 0.500. The van der Waals surface area contributed by atoms with E-state index in [4.69, 9.17) is 10.00 Å². The number of unbranched alkanes of at least 4 members (excludes halogenated alkanes) is 1. The third-order valence-corrected chi connectivity index (χ3v) is 3.38. The van der Waals surface area contributed by atoms with Crippen LogP contribution in [-0.2, 0) is 4.79 Å². The number of benzene rings is 1. The van der Waals surface area contributed by atoms with E-state index in [1.165, 1.54) is 7.11 Å². The van der Waals surface area contributed by atoms with E-state index in [0.29, 0.717) is 17.0 Å². The van der Waals surface area contributed by atoms with Crippen LogP contribution in [0.1, 0.15) is 45.1 Å². The van der Waals surface area contributed by atoms with Gasteiger partial charge < -0.3 is 10.1 Å². The highest BCUT2D eigenvalue weighted by Crippen LogP contribution is 2.29. The molecule has 0 aliphatic rings. The van der Waals surface area contributed by atoms with Crippen LogP contribution in [0.3, 0.4) is 0 Å². The number of hydrogen-bond acceptors (Lipinski definition) is 3. The Labute approximate surface area is 120 Å². The van der Waals surface area contributed by atoms with E-state index in [9.17, 15) is 4.79 Å². The first kappa shape index (κ1) is 16.0. The average molecular weight is 274 g/mol. The molecule has 1 amide bonds. The molecule has 4 heteroatoms. The number of ether oxygens (including phenoxy) is 1. The molecule has 1 aromatic rings. The smallest absolute Gasteiger partial charge is 0.227 e. The van der Waals surface area contributed by atoms with Gasteiger partial charge in [-0.15, -0.1) is 0 Å². The van der Waals surface area contributed by atoms with Crippen molar-refractivity contribution in [2.24, 2.45) is 5.92 Å². The van der Waals surface area contributed by atoms with Gasteiger partial charge in [0, 0.05) is 5.92 Å². The van der Waals surface area contributed by atoms with E-state index in [0.717, 1.165) is 25.7 Å². The fourth-order valence-corrected chi connectivity index (χ4v) is 2.12. The lowest BCUT2D eigenvalue weighted by Crippen LogP contribution is -2.23. The zero-order chi connectivity index (χ0) is 15.0. The second-order valence-electron chi connectivity index (χ2n) is 4.73. The van der Waals surface area contributed by atoms with Crippen LogP contribution >= 0.6 is 0 Å². The number of nitrogens with one attached hydrogen (secondary N) is 1. The predicted octanol–water partition coefficient (Wildman–Crippen LogP) is 3.72. The molecule has 1 aromatic carbocycles. The summed E-state index contributed by atoms with van der Waals surface area (Å²) in [5.74, 6) is 0.455. The summed E-state index contributed by atoms with van der Waals surface area (Å²) in [6.45, 7) is 4.12. The van der Waals surface area contributed by atoms with Crippen molar-refractivity contribution in [3.8, 4) is 11.8 Å². The van der Waals surface area contributed by atoms with Gasteiger partial charge in [0.25, 0.3) is 0 Å². The van der Waals surface area contributed by atoms with Crippen molar-refractivity contribution in [1.29, 1.82) is 5.26 Å². The van der Waals surface area contributed by atoms with E-state index in [2.05, 4.69) is 18.3 Å². The Hall–Kier alpha value is -2.02. The third kappa shape index (κ3) is 3.99. The normalized spacial score (nSPS) is 11.5. The monoisotopic (exact) mass is 274 g/mol. The first-order valence-corrected chi connectivity index (χ1v) is 7.05. The highest BCUT2D eigenvalue weighted by Gasteiger charge is 2.19. The molecular formula is C16H22N2O2. The molecule has 20 heavy (non-hydrogen) atoms. The summed E-state index contributed by atoms with van der Waals surface area (Å²) < 4.78 is 5.22. The van der Waals surface area contributed by atoms with Crippen molar-refractivity contribution in [2.75, 3.05) is 12.4 Å². The van der Waals surface area contributed by atoms with Gasteiger partial charge >= 0.3 is 0 Å². The van der Waals surface area contributed by atoms with Gasteiger partial charge in [0.15, 0.2) is 0 Å². The van der Waals surface area contributed by atoms with Crippen molar-refractivity contribution in [2.45, 2.75) is 39.5 Å². The molecule has 1 atom stereocenters. The van der Waals surface area contributed by atoms with Crippen LogP contribution in [0, 0.1) is 17.2 Å². The molecule has 0 fully saturated rings. The molecule has 1 N–H and O–H groups in total. The number of rotatable bonds is 7. The highest BCUT2D eigenvalue weighted by molar-refractivity contribution is 5.95. The summed E-state index contributed by atoms with van der Waals surface area (Å²) in [4.78, 5) is 12.3. The number of carbonyl (C=O) groups is 1. The maximum absolute atomic E-state index is 12.3. The van der Waals surface area contributed by atoms with Gasteiger partial charge in [-0.3, -0.25) is 4.79 Å². The minimum atomic E-state index is -0.0399. The zero-order valence-corrected chi connectivity index (χ0v) is 12.4. The van der Waals surface area contributed by atoms with Gasteiger partial charge in [-0.25, -0.2) is 0 Å². The van der Waals surface area contributed by atoms with Gasteiger partial charge in [0.05, 0.1) is 12.7 Å². The number of methoxy groups -OCH3 is 1. The Bertz CT molecular complexity index is 492. The van der Waals surface area contributed by atoms with E-state index >= 15 is 0 Å². The molecule has 0 spiro atoms. The quantitative estimate of drug-likeness (QED) is 0.824. The standard InChI is InChI=1S/C16H22N2O2/c1-4-6-8-12(5-2)16(19)18-15-13(11-17)9-7-10-14(15)20-3/h7,9-10,12H,4-6,8H2,1-3H3,(H,18,19). The number of anilines is 1. The first-order chi connectivity index (χ1) is 9.67. The maximum atomic E-state index is 12.3. The fourth-order valence-electron chi connectivity index (χ4n) is 2.12. The second-order valence-corrected chi connectivity index (χ2v) is 4.73. The number of nitrogens with zero attached hydrogens (tertiary/aromatic N) is 1. The topological polar surface area (TPSA) is 62.1 Å². The van der Waals surface area contributed by atoms with Crippen LogP contribution in [0.15, 0.2) is 18.2 Å². The van der Waals surface area contributed by atoms with Gasteiger partial charge in [0.1, 0.15) is 17.5 Å². The van der Waals surface area contributed by atoms with Crippen molar-refractivity contribution in [1.82, 2.24) is 0 Å². The molecule has 108 valence electrons. The minimum absolute atomic E-state index is 0.0218. The van der Waals surface area contributed by atoms with Gasteiger partial charge in [-0.2, -0.15) is 5.26 Å². The van der Waals surface area contributed by atoms with Crippen LogP contribution in [-0.4, -0.2) is 13.0 Å². The van der Waals surface area contributed by atoms with E-state index < -0.39 is 0 Å². The zero-order valence-electron chi connectivity index (χ0n) is 12.4. The summed E-state index contributed by atoms with van der Waals surface area (Å²) in [5.41, 5.74) is 0.889. The summed E-state index contributed by atoms with van der Waals surface area (Å²) in [6.07, 6.45) is 3.77. The summed E-state index contributed by atoms with van der Waals surface area (Å²) in [5, 5.41) is 12.0. The molecule has 4 nitrogen and oxygen atoms in total. The number of hydrogen-bond donors (Lipinski definition) is 1. The SMILES string of the molecule is CCCCC(CC)C(=O)Nc1c(C#N)cccc1OC. The Morgan fingerprint density at radius 2 is 2.20 bits per heavy atom. The van der Waals surface area contributed by atoms with Crippen LogP contribution in [0.5, 0.6) is 5.75 Å². The summed E-state index contributed by atoms with van der Waals surface area (Å²) >= 11 is 0. The highest BCUT2D eigenvalue weighted by atomic mass is 16.5. The first-order valence-electron chi connectivity index (χ1n) is 7.05. The van der Waals surface area contributed by atoms with E-state index in [1.807, 2.05) is 6.92 Å². The second kappa shape index (κ2) is 8.21. The van der Waals surface area contributed by atoms with Gasteiger partial charge in [-0.05, 0) is 25.0 Å². The van der Waals surface area contributed by atoms with E-state index in [-0.39, 0.29) is 11.8 Å². The van der Waals surface area contributed by atoms with Crippen LogP contribution in [0.4, 0.5) is 5.69 Å². The average Bonchev–Trinajstić information content (AvgIpc) is 2.48. The number of para-hydroxylation sites is 1. The lowest BCUT2D eigenvalue weighted by molar-refractivity contribution is -0.120. The van der Waals surface area contributed by atoms with Crippen LogP contribution in [0.25, 0.3) is 0 Å². The molecule has 0 saturated heterocycles. The van der Waals surface area contributed by atoms with Gasteiger partial charge in [0.2, 0.25) is 5.91 Å². The lowest BCUT2D eigenvalue weighted by atomic mass is 9.98. The molecule has 0 heterocycles. The van der Waals surface area contributed by atoms with Crippen LogP contribution in [0.2, 0.25) is 0 Å². The predicted molar refractivity (Wildman–Crippen MR) is 79.6 cm³/mol. The van der Waals surface area contributed by atoms with Crippen molar-refractivity contribution in [3.63, 3.8) is 0 Å². The molecule has 0 aromatic heterocycles. The maximum Gasteiger partial charge on any atom is 0.227 e. The molecule has 1 rings (SSSR count). The summed E-state index contributed by atoms with van der Waals surface area (Å²) in [7, 11) is 1.53. The molecule has 0 aliphatic carbocycles. The molecule has 0 aliphatic heterocycles. The van der Waals surface area contributed by atoms with Crippen molar-refractivity contribution in [3.05, 3.63) is 23.8 Å². The van der Waals surface area contributed by atoms with Crippen molar-refractivity contribution < 1.29 is 9.53 Å². The molecular weight excluding hydrogens is 252 g/mol. The molecule has 1 unspecified atom stereocenters. The van der Waals surface area contributed by atoms with Crippen molar-refractivity contribution >= 4 is 11.6 Å². The Kier molecular flexibility index (Phi) is 6.58. The van der Waals surface area contributed by atoms with E-state index in [1.54, 1.807) is 18.2 Å². The lowest BCUT2D eigenvalue weighted by Gasteiger charge is -2.17. The molecule has 0 bridgehead atoms. The molecule has 0 saturated carbocycles. The van der Waals surface area contributed by atoms with Gasteiger partial charge in [-0.1, -0.05) is 32.8 Å². The van der Waals surface area contributed by atoms with Crippen LogP contribution < -0.4 is 10.1 Å². The Morgan fingerprint density at radius 3 is 2.75 bits per heavy atom. The minimum Gasteiger partial charge on any atom is -0.495 e. The Morgan fingerprint density at radius 1 is 1.45 bits per heavy atom. The third-order valence-electron chi connectivity index (χ3n) is 3.38. The molecule has 0 radical (unpaired) electrons. The summed E-state index contributed by atoms with van der Waals surface area (Å²) in [6, 6.07) is 7.23. The number of amides is 1. The number of nitriles is 1. The largest absolute Gasteiger partial charge is 0.495 e.